The van der Waals surface area contributed by atoms with Gasteiger partial charge < -0.3 is 15.1 Å². The summed E-state index contributed by atoms with van der Waals surface area (Å²) in [4.78, 5) is 8.90. The third kappa shape index (κ3) is 5.41. The largest absolute Gasteiger partial charge is 0.444 e. The average Bonchev–Trinajstić information content (AvgIpc) is 2.82. The second kappa shape index (κ2) is 8.52. The highest BCUT2D eigenvalue weighted by molar-refractivity contribution is 5.79. The van der Waals surface area contributed by atoms with Gasteiger partial charge in [-0.25, -0.2) is 9.98 Å². The van der Waals surface area contributed by atoms with Crippen LogP contribution in [0.25, 0.3) is 0 Å². The maximum absolute atomic E-state index is 5.57. The van der Waals surface area contributed by atoms with Crippen LogP contribution in [0.5, 0.6) is 0 Å². The molecule has 0 unspecified atom stereocenters. The van der Waals surface area contributed by atoms with Crippen LogP contribution in [-0.4, -0.2) is 24.0 Å². The average molecular weight is 328 g/mol. The highest BCUT2D eigenvalue weighted by atomic mass is 16.4. The van der Waals surface area contributed by atoms with Gasteiger partial charge in [0, 0.05) is 13.1 Å². The van der Waals surface area contributed by atoms with Crippen molar-refractivity contribution in [2.24, 2.45) is 4.99 Å². The lowest BCUT2D eigenvalue weighted by Crippen LogP contribution is -2.38. The smallest absolute Gasteiger partial charge is 0.216 e. The van der Waals surface area contributed by atoms with Crippen molar-refractivity contribution in [1.82, 2.24) is 15.6 Å². The summed E-state index contributed by atoms with van der Waals surface area (Å²) in [7, 11) is 0. The lowest BCUT2D eigenvalue weighted by Gasteiger charge is -2.11. The summed E-state index contributed by atoms with van der Waals surface area (Å²) in [6.45, 7) is 12.3. The van der Waals surface area contributed by atoms with E-state index in [2.05, 4.69) is 59.6 Å². The molecule has 2 aromatic rings. The van der Waals surface area contributed by atoms with Gasteiger partial charge in [0.15, 0.2) is 5.96 Å². The Morgan fingerprint density at radius 2 is 1.79 bits per heavy atom. The molecule has 5 heteroatoms. The minimum atomic E-state index is 0.438. The summed E-state index contributed by atoms with van der Waals surface area (Å²) in [6.07, 6.45) is 0.962. The predicted octanol–water partition coefficient (Wildman–Crippen LogP) is 3.21. The molecule has 0 spiro atoms. The molecule has 130 valence electrons. The Kier molecular flexibility index (Phi) is 6.41. The molecular weight excluding hydrogens is 300 g/mol. The zero-order chi connectivity index (χ0) is 17.5. The Morgan fingerprint density at radius 1 is 1.08 bits per heavy atom. The van der Waals surface area contributed by atoms with Gasteiger partial charge in [0.25, 0.3) is 0 Å². The number of nitrogens with zero attached hydrogens (tertiary/aromatic N) is 2. The van der Waals surface area contributed by atoms with Crippen molar-refractivity contribution < 1.29 is 4.42 Å². The number of guanidine groups is 1. The van der Waals surface area contributed by atoms with Gasteiger partial charge in [-0.2, -0.15) is 0 Å². The molecule has 0 amide bonds. The van der Waals surface area contributed by atoms with Crippen LogP contribution in [-0.2, 0) is 13.0 Å². The van der Waals surface area contributed by atoms with E-state index >= 15 is 0 Å². The van der Waals surface area contributed by atoms with Gasteiger partial charge in [-0.15, -0.1) is 0 Å². The Balaban J connectivity index is 1.91. The summed E-state index contributed by atoms with van der Waals surface area (Å²) >= 11 is 0. The number of aromatic nitrogens is 1. The van der Waals surface area contributed by atoms with E-state index < -0.39 is 0 Å². The van der Waals surface area contributed by atoms with Crippen LogP contribution in [0.15, 0.2) is 27.6 Å². The minimum absolute atomic E-state index is 0.438. The number of aryl methyl sites for hydroxylation is 4. The van der Waals surface area contributed by atoms with Crippen LogP contribution in [0.2, 0.25) is 0 Å². The highest BCUT2D eigenvalue weighted by Gasteiger charge is 2.05. The highest BCUT2D eigenvalue weighted by Crippen LogP contribution is 2.10. The molecule has 0 aliphatic heterocycles. The van der Waals surface area contributed by atoms with Crippen molar-refractivity contribution >= 4 is 5.96 Å². The van der Waals surface area contributed by atoms with Crippen LogP contribution in [0, 0.1) is 27.7 Å². The van der Waals surface area contributed by atoms with E-state index in [0.717, 1.165) is 36.9 Å². The Bertz CT molecular complexity index is 664. The van der Waals surface area contributed by atoms with Gasteiger partial charge >= 0.3 is 0 Å². The molecular formula is C19H28N4O. The van der Waals surface area contributed by atoms with Crippen LogP contribution >= 0.6 is 0 Å². The first-order chi connectivity index (χ1) is 11.5. The van der Waals surface area contributed by atoms with Gasteiger partial charge in [-0.1, -0.05) is 29.3 Å². The first kappa shape index (κ1) is 18.0. The van der Waals surface area contributed by atoms with Gasteiger partial charge in [-0.05, 0) is 46.6 Å². The van der Waals surface area contributed by atoms with Gasteiger partial charge in [0.05, 0.1) is 5.69 Å². The second-order valence-electron chi connectivity index (χ2n) is 6.12. The number of hydrogen-bond acceptors (Lipinski definition) is 3. The van der Waals surface area contributed by atoms with Gasteiger partial charge in [0.1, 0.15) is 12.3 Å². The van der Waals surface area contributed by atoms with Crippen molar-refractivity contribution in [2.45, 2.75) is 47.6 Å². The van der Waals surface area contributed by atoms with E-state index in [4.69, 9.17) is 4.42 Å². The quantitative estimate of drug-likeness (QED) is 0.631. The summed E-state index contributed by atoms with van der Waals surface area (Å²) in [5.41, 5.74) is 4.88. The van der Waals surface area contributed by atoms with E-state index in [1.54, 1.807) is 0 Å². The normalized spacial score (nSPS) is 11.6. The summed E-state index contributed by atoms with van der Waals surface area (Å²) in [5, 5.41) is 6.62. The standard InChI is InChI=1S/C19H28N4O/c1-6-20-19(22-12-18-23-15(4)16(5)24-18)21-8-7-17-10-13(2)9-14(3)11-17/h9-11H,6-8,12H2,1-5H3,(H2,20,21,22). The number of oxazole rings is 1. The van der Waals surface area contributed by atoms with Crippen LogP contribution in [0.1, 0.15) is 41.0 Å². The molecule has 2 rings (SSSR count). The minimum Gasteiger partial charge on any atom is -0.444 e. The Labute approximate surface area is 144 Å². The van der Waals surface area contributed by atoms with E-state index in [-0.39, 0.29) is 0 Å². The monoisotopic (exact) mass is 328 g/mol. The van der Waals surface area contributed by atoms with E-state index in [1.165, 1.54) is 16.7 Å². The van der Waals surface area contributed by atoms with Crippen LogP contribution < -0.4 is 10.6 Å². The topological polar surface area (TPSA) is 62.5 Å². The van der Waals surface area contributed by atoms with Gasteiger partial charge in [-0.3, -0.25) is 0 Å². The first-order valence-electron chi connectivity index (χ1n) is 8.50. The van der Waals surface area contributed by atoms with Crippen molar-refractivity contribution in [1.29, 1.82) is 0 Å². The molecule has 0 fully saturated rings. The molecule has 5 nitrogen and oxygen atoms in total. The predicted molar refractivity (Wildman–Crippen MR) is 98.4 cm³/mol. The van der Waals surface area contributed by atoms with Crippen molar-refractivity contribution in [3.05, 3.63) is 52.2 Å². The Morgan fingerprint density at radius 3 is 2.38 bits per heavy atom. The molecule has 2 N–H and O–H groups in total. The number of aliphatic imine (C=N–C) groups is 1. The fourth-order valence-electron chi connectivity index (χ4n) is 2.63. The molecule has 1 heterocycles. The van der Waals surface area contributed by atoms with Crippen molar-refractivity contribution in [3.8, 4) is 0 Å². The lowest BCUT2D eigenvalue weighted by molar-refractivity contribution is 0.473. The molecule has 0 atom stereocenters. The zero-order valence-corrected chi connectivity index (χ0v) is 15.4. The number of nitrogens with one attached hydrogen (secondary N) is 2. The molecule has 0 radical (unpaired) electrons. The molecule has 0 saturated carbocycles. The SMILES string of the molecule is CCNC(=NCc1nc(C)c(C)o1)NCCc1cc(C)cc(C)c1. The molecule has 0 aliphatic rings. The number of hydrogen-bond donors (Lipinski definition) is 2. The second-order valence-corrected chi connectivity index (χ2v) is 6.12. The van der Waals surface area contributed by atoms with E-state index in [9.17, 15) is 0 Å². The summed E-state index contributed by atoms with van der Waals surface area (Å²) < 4.78 is 5.57. The van der Waals surface area contributed by atoms with Crippen LogP contribution in [0.3, 0.4) is 0 Å². The van der Waals surface area contributed by atoms with Crippen LogP contribution in [0.4, 0.5) is 0 Å². The van der Waals surface area contributed by atoms with E-state index in [0.29, 0.717) is 12.4 Å². The summed E-state index contributed by atoms with van der Waals surface area (Å²) in [5.74, 6) is 2.29. The molecule has 0 bridgehead atoms. The third-order valence-corrected chi connectivity index (χ3v) is 3.78. The van der Waals surface area contributed by atoms with Gasteiger partial charge in [0.2, 0.25) is 5.89 Å². The molecule has 0 saturated heterocycles. The molecule has 24 heavy (non-hydrogen) atoms. The van der Waals surface area contributed by atoms with E-state index in [1.807, 2.05) is 13.8 Å². The Hall–Kier alpha value is -2.30. The molecule has 0 aliphatic carbocycles. The lowest BCUT2D eigenvalue weighted by atomic mass is 10.1. The summed E-state index contributed by atoms with van der Waals surface area (Å²) in [6, 6.07) is 6.66. The third-order valence-electron chi connectivity index (χ3n) is 3.78. The maximum atomic E-state index is 5.57. The molecule has 1 aromatic heterocycles. The first-order valence-corrected chi connectivity index (χ1v) is 8.50. The number of benzene rings is 1. The number of rotatable bonds is 6. The fourth-order valence-corrected chi connectivity index (χ4v) is 2.63. The zero-order valence-electron chi connectivity index (χ0n) is 15.4. The maximum Gasteiger partial charge on any atom is 0.216 e. The molecule has 1 aromatic carbocycles. The van der Waals surface area contributed by atoms with Crippen molar-refractivity contribution in [3.63, 3.8) is 0 Å². The fraction of sp³-hybridized carbons (Fsp3) is 0.474. The van der Waals surface area contributed by atoms with Crippen molar-refractivity contribution in [2.75, 3.05) is 13.1 Å².